The average Bonchev–Trinajstić information content (AvgIpc) is 3.05. The molecule has 2 aromatic carbocycles. The highest BCUT2D eigenvalue weighted by molar-refractivity contribution is 6.36. The van der Waals surface area contributed by atoms with Crippen molar-refractivity contribution in [1.29, 1.82) is 0 Å². The third-order valence-electron chi connectivity index (χ3n) is 6.55. The lowest BCUT2D eigenvalue weighted by atomic mass is 9.97. The van der Waals surface area contributed by atoms with Gasteiger partial charge in [0.25, 0.3) is 11.8 Å². The molecule has 0 radical (unpaired) electrons. The zero-order valence-corrected chi connectivity index (χ0v) is 20.6. The minimum Gasteiger partial charge on any atom is -0.385 e. The Morgan fingerprint density at radius 1 is 0.941 bits per heavy atom. The first kappa shape index (κ1) is 24.0. The van der Waals surface area contributed by atoms with E-state index in [0.29, 0.717) is 30.8 Å². The Labute approximate surface area is 202 Å². The lowest BCUT2D eigenvalue weighted by molar-refractivity contribution is -0.137. The molecule has 0 atom stereocenters. The summed E-state index contributed by atoms with van der Waals surface area (Å²) < 4.78 is 5.12. The minimum atomic E-state index is -0.292. The van der Waals surface area contributed by atoms with Gasteiger partial charge in [0.1, 0.15) is 5.70 Å². The Balaban J connectivity index is 1.62. The number of nitrogens with one attached hydrogen (secondary N) is 1. The SMILES string of the molecule is COCCCN1C(=O)C(Nc2ccc(N3CCN(C)CC3)cc2)=C(c2ccc(C)cc2C)C1=O. The number of hydrogen-bond acceptors (Lipinski definition) is 6. The van der Waals surface area contributed by atoms with Crippen LogP contribution in [0.5, 0.6) is 0 Å². The van der Waals surface area contributed by atoms with Gasteiger partial charge in [0, 0.05) is 57.8 Å². The van der Waals surface area contributed by atoms with Crippen LogP contribution in [0.1, 0.15) is 23.1 Å². The second kappa shape index (κ2) is 10.4. The van der Waals surface area contributed by atoms with Crippen molar-refractivity contribution in [3.05, 3.63) is 64.9 Å². The van der Waals surface area contributed by atoms with Crippen molar-refractivity contribution < 1.29 is 14.3 Å². The Kier molecular flexibility index (Phi) is 7.34. The maximum atomic E-state index is 13.4. The first-order valence-corrected chi connectivity index (χ1v) is 11.9. The number of piperazine rings is 1. The Bertz CT molecular complexity index is 1090. The first-order chi connectivity index (χ1) is 16.4. The largest absolute Gasteiger partial charge is 0.385 e. The molecular formula is C27H34N4O3. The van der Waals surface area contributed by atoms with Gasteiger partial charge in [-0.05, 0) is 62.7 Å². The number of ether oxygens (including phenoxy) is 1. The summed E-state index contributed by atoms with van der Waals surface area (Å²) in [4.78, 5) is 32.8. The quantitative estimate of drug-likeness (QED) is 0.480. The van der Waals surface area contributed by atoms with E-state index >= 15 is 0 Å². The molecule has 0 unspecified atom stereocenters. The number of carbonyl (C=O) groups excluding carboxylic acids is 2. The van der Waals surface area contributed by atoms with Crippen LogP contribution in [-0.2, 0) is 14.3 Å². The number of anilines is 2. The summed E-state index contributed by atoms with van der Waals surface area (Å²) in [5.74, 6) is -0.552. The molecule has 1 N–H and O–H groups in total. The van der Waals surface area contributed by atoms with E-state index in [1.807, 2.05) is 44.2 Å². The highest BCUT2D eigenvalue weighted by atomic mass is 16.5. The number of rotatable bonds is 8. The lowest BCUT2D eigenvalue weighted by Crippen LogP contribution is -2.44. The molecule has 7 nitrogen and oxygen atoms in total. The van der Waals surface area contributed by atoms with Gasteiger partial charge < -0.3 is 19.9 Å². The molecule has 0 saturated carbocycles. The molecule has 0 bridgehead atoms. The van der Waals surface area contributed by atoms with Crippen LogP contribution < -0.4 is 10.2 Å². The van der Waals surface area contributed by atoms with Gasteiger partial charge in [0.2, 0.25) is 0 Å². The van der Waals surface area contributed by atoms with Gasteiger partial charge in [0.15, 0.2) is 0 Å². The zero-order chi connectivity index (χ0) is 24.2. The predicted octanol–water partition coefficient (Wildman–Crippen LogP) is 3.28. The predicted molar refractivity (Wildman–Crippen MR) is 136 cm³/mol. The molecule has 1 fully saturated rings. The molecule has 0 spiro atoms. The van der Waals surface area contributed by atoms with E-state index in [2.05, 4.69) is 34.3 Å². The van der Waals surface area contributed by atoms with Crippen molar-refractivity contribution in [3.63, 3.8) is 0 Å². The number of nitrogens with zero attached hydrogens (tertiary/aromatic N) is 3. The third-order valence-corrected chi connectivity index (χ3v) is 6.55. The first-order valence-electron chi connectivity index (χ1n) is 11.9. The molecule has 180 valence electrons. The summed E-state index contributed by atoms with van der Waals surface area (Å²) in [7, 11) is 3.76. The molecule has 2 heterocycles. The van der Waals surface area contributed by atoms with Crippen LogP contribution in [0, 0.1) is 13.8 Å². The van der Waals surface area contributed by atoms with E-state index in [9.17, 15) is 9.59 Å². The number of amides is 2. The van der Waals surface area contributed by atoms with Crippen LogP contribution in [0.2, 0.25) is 0 Å². The van der Waals surface area contributed by atoms with Crippen molar-refractivity contribution in [3.8, 4) is 0 Å². The topological polar surface area (TPSA) is 65.1 Å². The second-order valence-corrected chi connectivity index (χ2v) is 9.14. The highest BCUT2D eigenvalue weighted by Crippen LogP contribution is 2.33. The summed E-state index contributed by atoms with van der Waals surface area (Å²) in [6.07, 6.45) is 0.598. The Hall–Kier alpha value is -3.16. The van der Waals surface area contributed by atoms with E-state index in [1.165, 1.54) is 4.90 Å². The molecule has 4 rings (SSSR count). The third kappa shape index (κ3) is 5.00. The Morgan fingerprint density at radius 3 is 2.29 bits per heavy atom. The number of imide groups is 1. The molecule has 0 aliphatic carbocycles. The fourth-order valence-corrected chi connectivity index (χ4v) is 4.57. The zero-order valence-electron chi connectivity index (χ0n) is 20.6. The molecule has 34 heavy (non-hydrogen) atoms. The molecule has 0 aromatic heterocycles. The number of aryl methyl sites for hydroxylation is 2. The maximum Gasteiger partial charge on any atom is 0.278 e. The van der Waals surface area contributed by atoms with Gasteiger partial charge in [-0.3, -0.25) is 14.5 Å². The molecule has 2 aliphatic heterocycles. The minimum absolute atomic E-state index is 0.260. The monoisotopic (exact) mass is 462 g/mol. The van der Waals surface area contributed by atoms with Gasteiger partial charge in [-0.1, -0.05) is 23.8 Å². The Morgan fingerprint density at radius 2 is 1.65 bits per heavy atom. The van der Waals surface area contributed by atoms with Gasteiger partial charge >= 0.3 is 0 Å². The second-order valence-electron chi connectivity index (χ2n) is 9.14. The molecule has 2 amide bonds. The number of methoxy groups -OCH3 is 1. The summed E-state index contributed by atoms with van der Waals surface area (Å²) in [5.41, 5.74) is 5.59. The van der Waals surface area contributed by atoms with Crippen molar-refractivity contribution in [1.82, 2.24) is 9.80 Å². The molecule has 7 heteroatoms. The van der Waals surface area contributed by atoms with E-state index in [0.717, 1.165) is 54.2 Å². The van der Waals surface area contributed by atoms with Crippen LogP contribution in [0.15, 0.2) is 48.2 Å². The van der Waals surface area contributed by atoms with Crippen molar-refractivity contribution in [2.24, 2.45) is 0 Å². The standard InChI is InChI=1S/C27H34N4O3/c1-19-6-11-23(20(2)18-19)24-25(27(33)31(26(24)32)12-5-17-34-4)28-21-7-9-22(10-8-21)30-15-13-29(3)14-16-30/h6-11,18,28H,5,12-17H2,1-4H3. The highest BCUT2D eigenvalue weighted by Gasteiger charge is 2.39. The van der Waals surface area contributed by atoms with E-state index < -0.39 is 0 Å². The van der Waals surface area contributed by atoms with Crippen molar-refractivity contribution in [2.75, 3.05) is 63.7 Å². The van der Waals surface area contributed by atoms with E-state index in [-0.39, 0.29) is 11.8 Å². The van der Waals surface area contributed by atoms with E-state index in [1.54, 1.807) is 7.11 Å². The smallest absolute Gasteiger partial charge is 0.278 e. The average molecular weight is 463 g/mol. The van der Waals surface area contributed by atoms with Crippen molar-refractivity contribution >= 4 is 28.8 Å². The number of likely N-dealkylation sites (N-methyl/N-ethyl adjacent to an activating group) is 1. The lowest BCUT2D eigenvalue weighted by Gasteiger charge is -2.34. The number of carbonyl (C=O) groups is 2. The summed E-state index contributed by atoms with van der Waals surface area (Å²) >= 11 is 0. The number of benzene rings is 2. The van der Waals surface area contributed by atoms with E-state index in [4.69, 9.17) is 4.74 Å². The van der Waals surface area contributed by atoms with Crippen LogP contribution in [-0.4, -0.2) is 75.1 Å². The van der Waals surface area contributed by atoms with Gasteiger partial charge in [-0.15, -0.1) is 0 Å². The van der Waals surface area contributed by atoms with Crippen LogP contribution in [0.25, 0.3) is 5.57 Å². The van der Waals surface area contributed by atoms with Crippen LogP contribution in [0.3, 0.4) is 0 Å². The fraction of sp³-hybridized carbons (Fsp3) is 0.407. The van der Waals surface area contributed by atoms with Crippen molar-refractivity contribution in [2.45, 2.75) is 20.3 Å². The summed E-state index contributed by atoms with van der Waals surface area (Å²) in [5, 5.41) is 3.28. The molecular weight excluding hydrogens is 428 g/mol. The maximum absolute atomic E-state index is 13.4. The van der Waals surface area contributed by atoms with Crippen LogP contribution in [0.4, 0.5) is 11.4 Å². The molecule has 2 aromatic rings. The summed E-state index contributed by atoms with van der Waals surface area (Å²) in [6.45, 7) is 8.89. The normalized spacial score (nSPS) is 17.2. The van der Waals surface area contributed by atoms with Crippen LogP contribution >= 0.6 is 0 Å². The fourth-order valence-electron chi connectivity index (χ4n) is 4.57. The number of hydrogen-bond donors (Lipinski definition) is 1. The van der Waals surface area contributed by atoms with Gasteiger partial charge in [-0.25, -0.2) is 0 Å². The van der Waals surface area contributed by atoms with Gasteiger partial charge in [-0.2, -0.15) is 0 Å². The van der Waals surface area contributed by atoms with Gasteiger partial charge in [0.05, 0.1) is 5.57 Å². The summed E-state index contributed by atoms with van der Waals surface area (Å²) in [6, 6.07) is 14.0. The molecule has 1 saturated heterocycles. The molecule has 2 aliphatic rings.